The van der Waals surface area contributed by atoms with Gasteiger partial charge in [0.2, 0.25) is 0 Å². The Morgan fingerprint density at radius 1 is 1.03 bits per heavy atom. The molecule has 0 bridgehead atoms. The van der Waals surface area contributed by atoms with Gasteiger partial charge in [-0.2, -0.15) is 5.10 Å². The van der Waals surface area contributed by atoms with Gasteiger partial charge in [0.15, 0.2) is 11.5 Å². The van der Waals surface area contributed by atoms with Gasteiger partial charge in [0.25, 0.3) is 17.2 Å². The molecule has 1 N–H and O–H groups in total. The number of carbonyl (C=O) groups is 1. The van der Waals surface area contributed by atoms with Gasteiger partial charge in [-0.1, -0.05) is 0 Å². The maximum Gasteiger partial charge on any atom is 0.286 e. The fourth-order valence-corrected chi connectivity index (χ4v) is 3.10. The number of aromatic nitrogens is 2. The highest BCUT2D eigenvalue weighted by molar-refractivity contribution is 5.99. The third-order valence-electron chi connectivity index (χ3n) is 4.80. The van der Waals surface area contributed by atoms with E-state index in [0.717, 1.165) is 11.6 Å². The van der Waals surface area contributed by atoms with Crippen LogP contribution in [-0.4, -0.2) is 48.5 Å². The number of amides is 1. The van der Waals surface area contributed by atoms with Crippen LogP contribution in [0.15, 0.2) is 53.3 Å². The van der Waals surface area contributed by atoms with Crippen molar-refractivity contribution in [2.24, 2.45) is 0 Å². The van der Waals surface area contributed by atoms with Gasteiger partial charge in [0.1, 0.15) is 11.3 Å². The number of nitrogens with one attached hydrogen (secondary N) is 1. The first kappa shape index (κ1) is 23.3. The predicted octanol–water partition coefficient (Wildman–Crippen LogP) is 2.27. The molecule has 1 amide bonds. The summed E-state index contributed by atoms with van der Waals surface area (Å²) in [6, 6.07) is 12.5. The number of hydrogen-bond donors (Lipinski definition) is 1. The summed E-state index contributed by atoms with van der Waals surface area (Å²) in [5, 5.41) is 18.3. The zero-order valence-corrected chi connectivity index (χ0v) is 18.2. The molecule has 3 aromatic rings. The first-order chi connectivity index (χ1) is 15.9. The number of nitro benzene ring substituents is 1. The minimum atomic E-state index is -0.693. The quantitative estimate of drug-likeness (QED) is 0.384. The van der Waals surface area contributed by atoms with E-state index in [-0.39, 0.29) is 35.7 Å². The molecule has 0 saturated heterocycles. The Morgan fingerprint density at radius 3 is 2.30 bits per heavy atom. The van der Waals surface area contributed by atoms with Crippen molar-refractivity contribution in [1.29, 1.82) is 0 Å². The topological polar surface area (TPSA) is 135 Å². The summed E-state index contributed by atoms with van der Waals surface area (Å²) >= 11 is 0. The van der Waals surface area contributed by atoms with Gasteiger partial charge in [-0.3, -0.25) is 19.7 Å². The molecule has 1 heterocycles. The highest BCUT2D eigenvalue weighted by Gasteiger charge is 2.24. The lowest BCUT2D eigenvalue weighted by Gasteiger charge is -2.11. The second-order valence-corrected chi connectivity index (χ2v) is 6.75. The van der Waals surface area contributed by atoms with Crippen molar-refractivity contribution in [1.82, 2.24) is 15.1 Å². The van der Waals surface area contributed by atoms with E-state index < -0.39 is 16.5 Å². The SMILES string of the molecule is COc1ccc(-c2ccc(=O)n(CCNC(=O)c3cc(OC)c(OC)cc3[N+](=O)[O-])n2)cc1. The first-order valence-corrected chi connectivity index (χ1v) is 9.79. The van der Waals surface area contributed by atoms with Crippen LogP contribution < -0.4 is 25.1 Å². The van der Waals surface area contributed by atoms with Crippen LogP contribution in [0, 0.1) is 10.1 Å². The Labute approximate surface area is 188 Å². The maximum absolute atomic E-state index is 12.6. The molecule has 3 rings (SSSR count). The van der Waals surface area contributed by atoms with Crippen molar-refractivity contribution in [3.63, 3.8) is 0 Å². The summed E-state index contributed by atoms with van der Waals surface area (Å²) in [6.45, 7) is 0.0823. The Kier molecular flexibility index (Phi) is 7.24. The van der Waals surface area contributed by atoms with Gasteiger partial charge in [-0.15, -0.1) is 0 Å². The van der Waals surface area contributed by atoms with Crippen molar-refractivity contribution < 1.29 is 23.9 Å². The van der Waals surface area contributed by atoms with Crippen molar-refractivity contribution in [3.8, 4) is 28.5 Å². The fourth-order valence-electron chi connectivity index (χ4n) is 3.10. The van der Waals surface area contributed by atoms with Crippen molar-refractivity contribution in [2.45, 2.75) is 6.54 Å². The van der Waals surface area contributed by atoms with E-state index in [1.165, 1.54) is 31.0 Å². The molecule has 33 heavy (non-hydrogen) atoms. The Morgan fingerprint density at radius 2 is 1.70 bits per heavy atom. The number of carbonyl (C=O) groups excluding carboxylic acids is 1. The molecule has 0 aliphatic rings. The summed E-state index contributed by atoms with van der Waals surface area (Å²) < 4.78 is 16.5. The Bertz CT molecular complexity index is 1220. The lowest BCUT2D eigenvalue weighted by molar-refractivity contribution is -0.385. The predicted molar refractivity (Wildman–Crippen MR) is 119 cm³/mol. The van der Waals surface area contributed by atoms with E-state index in [9.17, 15) is 19.7 Å². The molecule has 0 aliphatic carbocycles. The van der Waals surface area contributed by atoms with Gasteiger partial charge in [-0.25, -0.2) is 4.68 Å². The fraction of sp³-hybridized carbons (Fsp3) is 0.227. The van der Waals surface area contributed by atoms with Crippen molar-refractivity contribution in [3.05, 3.63) is 74.6 Å². The van der Waals surface area contributed by atoms with Crippen LogP contribution in [0.3, 0.4) is 0 Å². The minimum Gasteiger partial charge on any atom is -0.497 e. The highest BCUT2D eigenvalue weighted by atomic mass is 16.6. The molecule has 0 unspecified atom stereocenters. The Balaban J connectivity index is 1.75. The van der Waals surface area contributed by atoms with Crippen LogP contribution >= 0.6 is 0 Å². The third-order valence-corrected chi connectivity index (χ3v) is 4.80. The van der Waals surface area contributed by atoms with Gasteiger partial charge >= 0.3 is 0 Å². The van der Waals surface area contributed by atoms with Gasteiger partial charge in [-0.05, 0) is 30.3 Å². The van der Waals surface area contributed by atoms with Crippen LogP contribution in [0.1, 0.15) is 10.4 Å². The maximum atomic E-state index is 12.6. The molecule has 2 aromatic carbocycles. The lowest BCUT2D eigenvalue weighted by atomic mass is 10.1. The first-order valence-electron chi connectivity index (χ1n) is 9.79. The summed E-state index contributed by atoms with van der Waals surface area (Å²) in [6.07, 6.45) is 0. The third kappa shape index (κ3) is 5.26. The van der Waals surface area contributed by atoms with E-state index in [0.29, 0.717) is 11.4 Å². The summed E-state index contributed by atoms with van der Waals surface area (Å²) in [5.74, 6) is 0.311. The lowest BCUT2D eigenvalue weighted by Crippen LogP contribution is -2.32. The van der Waals surface area contributed by atoms with Crippen LogP contribution in [-0.2, 0) is 6.54 Å². The number of benzene rings is 2. The molecule has 172 valence electrons. The zero-order valence-electron chi connectivity index (χ0n) is 18.2. The minimum absolute atomic E-state index is 0.0172. The summed E-state index contributed by atoms with van der Waals surface area (Å²) in [7, 11) is 4.27. The highest BCUT2D eigenvalue weighted by Crippen LogP contribution is 2.34. The largest absolute Gasteiger partial charge is 0.497 e. The van der Waals surface area contributed by atoms with Crippen LogP contribution in [0.2, 0.25) is 0 Å². The smallest absolute Gasteiger partial charge is 0.286 e. The van der Waals surface area contributed by atoms with Crippen molar-refractivity contribution >= 4 is 11.6 Å². The molecule has 0 spiro atoms. The molecular formula is C22H22N4O7. The second kappa shape index (κ2) is 10.3. The molecule has 0 radical (unpaired) electrons. The normalized spacial score (nSPS) is 10.4. The van der Waals surface area contributed by atoms with E-state index in [1.807, 2.05) is 12.1 Å². The number of hydrogen-bond acceptors (Lipinski definition) is 8. The monoisotopic (exact) mass is 454 g/mol. The van der Waals surface area contributed by atoms with Gasteiger partial charge in [0.05, 0.1) is 44.6 Å². The number of nitro groups is 1. The van der Waals surface area contributed by atoms with E-state index in [2.05, 4.69) is 10.4 Å². The molecule has 0 atom stereocenters. The summed E-state index contributed by atoms with van der Waals surface area (Å²) in [5.41, 5.74) is 0.388. The van der Waals surface area contributed by atoms with Gasteiger partial charge in [0, 0.05) is 24.2 Å². The van der Waals surface area contributed by atoms with Crippen LogP contribution in [0.4, 0.5) is 5.69 Å². The average Bonchev–Trinajstić information content (AvgIpc) is 2.84. The van der Waals surface area contributed by atoms with Crippen LogP contribution in [0.5, 0.6) is 17.2 Å². The zero-order chi connectivity index (χ0) is 24.0. The van der Waals surface area contributed by atoms with Gasteiger partial charge < -0.3 is 19.5 Å². The number of nitrogens with zero attached hydrogens (tertiary/aromatic N) is 3. The second-order valence-electron chi connectivity index (χ2n) is 6.75. The molecule has 1 aromatic heterocycles. The molecule has 0 aliphatic heterocycles. The van der Waals surface area contributed by atoms with E-state index in [1.54, 1.807) is 25.3 Å². The number of rotatable bonds is 9. The molecule has 0 saturated carbocycles. The van der Waals surface area contributed by atoms with E-state index in [4.69, 9.17) is 14.2 Å². The van der Waals surface area contributed by atoms with Crippen molar-refractivity contribution in [2.75, 3.05) is 27.9 Å². The number of methoxy groups -OCH3 is 3. The Hall–Kier alpha value is -4.41. The van der Waals surface area contributed by atoms with Crippen LogP contribution in [0.25, 0.3) is 11.3 Å². The van der Waals surface area contributed by atoms with E-state index >= 15 is 0 Å². The number of ether oxygens (including phenoxy) is 3. The molecule has 11 heteroatoms. The molecule has 11 nitrogen and oxygen atoms in total. The molecule has 0 fully saturated rings. The molecular weight excluding hydrogens is 432 g/mol. The summed E-state index contributed by atoms with van der Waals surface area (Å²) in [4.78, 5) is 35.6. The standard InChI is InChI=1S/C22H22N4O7/c1-31-15-6-4-14(5-7-15)17-8-9-21(27)25(24-17)11-10-23-22(28)16-12-19(32-2)20(33-3)13-18(16)26(29)30/h4-9,12-13H,10-11H2,1-3H3,(H,23,28). The average molecular weight is 454 g/mol.